The predicted octanol–water partition coefficient (Wildman–Crippen LogP) is 1.28. The molecule has 0 spiro atoms. The molecule has 1 atom stereocenters. The molecule has 0 fully saturated rings. The van der Waals surface area contributed by atoms with Gasteiger partial charge in [0, 0.05) is 6.42 Å². The highest BCUT2D eigenvalue weighted by Gasteiger charge is 2.29. The van der Waals surface area contributed by atoms with Gasteiger partial charge in [-0.25, -0.2) is 4.79 Å². The second-order valence-corrected chi connectivity index (χ2v) is 3.69. The quantitative estimate of drug-likeness (QED) is 0.518. The number of carboxylic acids is 1. The van der Waals surface area contributed by atoms with Crippen LogP contribution in [0, 0.1) is 11.8 Å². The molecule has 0 aliphatic heterocycles. The van der Waals surface area contributed by atoms with Gasteiger partial charge in [0.15, 0.2) is 0 Å². The van der Waals surface area contributed by atoms with E-state index in [1.54, 1.807) is 6.92 Å². The average molecular weight is 200 g/mol. The zero-order valence-corrected chi connectivity index (χ0v) is 8.74. The summed E-state index contributed by atoms with van der Waals surface area (Å²) in [6.07, 6.45) is 0.522. The largest absolute Gasteiger partial charge is 0.475 e. The number of ketones is 2. The van der Waals surface area contributed by atoms with E-state index in [0.29, 0.717) is 0 Å². The summed E-state index contributed by atoms with van der Waals surface area (Å²) in [5.41, 5.74) is 0. The summed E-state index contributed by atoms with van der Waals surface area (Å²) in [7, 11) is 0. The standard InChI is InChI=1S/C10H16O4/c1-4-7(9(12)10(13)14)8(11)5-6(2)3/h6-7H,4-5H2,1-3H3,(H,13,14). The molecular weight excluding hydrogens is 184 g/mol. The van der Waals surface area contributed by atoms with Crippen molar-refractivity contribution in [1.29, 1.82) is 0 Å². The van der Waals surface area contributed by atoms with Crippen LogP contribution in [0.15, 0.2) is 0 Å². The summed E-state index contributed by atoms with van der Waals surface area (Å²) >= 11 is 0. The lowest BCUT2D eigenvalue weighted by Crippen LogP contribution is -2.30. The molecule has 4 nitrogen and oxygen atoms in total. The summed E-state index contributed by atoms with van der Waals surface area (Å²) < 4.78 is 0. The van der Waals surface area contributed by atoms with E-state index in [0.717, 1.165) is 0 Å². The van der Waals surface area contributed by atoms with E-state index < -0.39 is 17.7 Å². The number of carboxylic acid groups (broad SMARTS) is 1. The van der Waals surface area contributed by atoms with Crippen LogP contribution in [0.4, 0.5) is 0 Å². The van der Waals surface area contributed by atoms with Gasteiger partial charge in [0.2, 0.25) is 5.78 Å². The maximum atomic E-state index is 11.4. The normalized spacial score (nSPS) is 12.6. The van der Waals surface area contributed by atoms with E-state index in [1.807, 2.05) is 13.8 Å². The molecule has 14 heavy (non-hydrogen) atoms. The minimum atomic E-state index is -1.52. The van der Waals surface area contributed by atoms with E-state index in [-0.39, 0.29) is 24.5 Å². The highest BCUT2D eigenvalue weighted by molar-refractivity contribution is 6.37. The van der Waals surface area contributed by atoms with Crippen LogP contribution >= 0.6 is 0 Å². The lowest BCUT2D eigenvalue weighted by Gasteiger charge is -2.11. The van der Waals surface area contributed by atoms with Gasteiger partial charge < -0.3 is 5.11 Å². The first kappa shape index (κ1) is 12.8. The van der Waals surface area contributed by atoms with Crippen molar-refractivity contribution in [3.8, 4) is 0 Å². The van der Waals surface area contributed by atoms with E-state index >= 15 is 0 Å². The number of aliphatic carboxylic acids is 1. The van der Waals surface area contributed by atoms with Crippen molar-refractivity contribution in [3.05, 3.63) is 0 Å². The molecule has 0 aromatic heterocycles. The lowest BCUT2D eigenvalue weighted by atomic mass is 9.91. The third-order valence-corrected chi connectivity index (χ3v) is 1.93. The molecule has 0 heterocycles. The van der Waals surface area contributed by atoms with Crippen LogP contribution in [0.3, 0.4) is 0 Å². The van der Waals surface area contributed by atoms with Crippen LogP contribution in [0.1, 0.15) is 33.6 Å². The number of rotatable bonds is 6. The van der Waals surface area contributed by atoms with E-state index in [4.69, 9.17) is 5.11 Å². The maximum Gasteiger partial charge on any atom is 0.372 e. The van der Waals surface area contributed by atoms with Crippen molar-refractivity contribution in [2.24, 2.45) is 11.8 Å². The second-order valence-electron chi connectivity index (χ2n) is 3.69. The molecule has 1 N–H and O–H groups in total. The number of hydrogen-bond donors (Lipinski definition) is 1. The molecule has 0 rings (SSSR count). The number of Topliss-reactive ketones (excluding diaryl/α,β-unsaturated/α-hetero) is 2. The highest BCUT2D eigenvalue weighted by Crippen LogP contribution is 2.12. The zero-order chi connectivity index (χ0) is 11.3. The molecule has 0 bridgehead atoms. The first-order chi connectivity index (χ1) is 6.40. The van der Waals surface area contributed by atoms with Crippen molar-refractivity contribution in [1.82, 2.24) is 0 Å². The van der Waals surface area contributed by atoms with Crippen molar-refractivity contribution in [3.63, 3.8) is 0 Å². The Hall–Kier alpha value is -1.19. The smallest absolute Gasteiger partial charge is 0.372 e. The number of carbonyl (C=O) groups is 3. The van der Waals surface area contributed by atoms with Crippen LogP contribution in [0.2, 0.25) is 0 Å². The fourth-order valence-corrected chi connectivity index (χ4v) is 1.25. The van der Waals surface area contributed by atoms with Gasteiger partial charge in [-0.15, -0.1) is 0 Å². The van der Waals surface area contributed by atoms with Gasteiger partial charge in [-0.3, -0.25) is 9.59 Å². The number of hydrogen-bond acceptors (Lipinski definition) is 3. The molecule has 0 amide bonds. The van der Waals surface area contributed by atoms with Crippen molar-refractivity contribution < 1.29 is 19.5 Å². The third kappa shape index (κ3) is 3.68. The Balaban J connectivity index is 4.48. The van der Waals surface area contributed by atoms with Crippen molar-refractivity contribution >= 4 is 17.5 Å². The van der Waals surface area contributed by atoms with Crippen LogP contribution < -0.4 is 0 Å². The fourth-order valence-electron chi connectivity index (χ4n) is 1.25. The van der Waals surface area contributed by atoms with E-state index in [2.05, 4.69) is 0 Å². The van der Waals surface area contributed by atoms with Crippen LogP contribution in [0.25, 0.3) is 0 Å². The van der Waals surface area contributed by atoms with Crippen LogP contribution in [-0.2, 0) is 14.4 Å². The van der Waals surface area contributed by atoms with Crippen molar-refractivity contribution in [2.75, 3.05) is 0 Å². The second kappa shape index (κ2) is 5.52. The van der Waals surface area contributed by atoms with Crippen molar-refractivity contribution in [2.45, 2.75) is 33.6 Å². The molecule has 80 valence electrons. The summed E-state index contributed by atoms with van der Waals surface area (Å²) in [6.45, 7) is 5.36. The third-order valence-electron chi connectivity index (χ3n) is 1.93. The Bertz CT molecular complexity index is 243. The Kier molecular flexibility index (Phi) is 5.05. The molecule has 0 aliphatic rings. The van der Waals surface area contributed by atoms with Gasteiger partial charge in [-0.2, -0.15) is 0 Å². The summed E-state index contributed by atoms with van der Waals surface area (Å²) in [5.74, 6) is -3.59. The minimum Gasteiger partial charge on any atom is -0.475 e. The first-order valence-corrected chi connectivity index (χ1v) is 4.70. The van der Waals surface area contributed by atoms with Gasteiger partial charge in [0.25, 0.3) is 0 Å². The van der Waals surface area contributed by atoms with Crippen LogP contribution in [-0.4, -0.2) is 22.6 Å². The molecule has 0 saturated heterocycles. The Morgan fingerprint density at radius 2 is 1.71 bits per heavy atom. The minimum absolute atomic E-state index is 0.151. The monoisotopic (exact) mass is 200 g/mol. The molecule has 4 heteroatoms. The van der Waals surface area contributed by atoms with Gasteiger partial charge in [0.05, 0.1) is 5.92 Å². The summed E-state index contributed by atoms with van der Waals surface area (Å²) in [6, 6.07) is 0. The van der Waals surface area contributed by atoms with Crippen LogP contribution in [0.5, 0.6) is 0 Å². The predicted molar refractivity (Wildman–Crippen MR) is 50.9 cm³/mol. The molecule has 0 radical (unpaired) electrons. The molecule has 0 aromatic carbocycles. The maximum absolute atomic E-state index is 11.4. The Morgan fingerprint density at radius 3 is 2.00 bits per heavy atom. The van der Waals surface area contributed by atoms with Gasteiger partial charge in [0.1, 0.15) is 5.78 Å². The van der Waals surface area contributed by atoms with E-state index in [9.17, 15) is 14.4 Å². The molecule has 1 unspecified atom stereocenters. The topological polar surface area (TPSA) is 71.4 Å². The lowest BCUT2D eigenvalue weighted by molar-refractivity contribution is -0.153. The SMILES string of the molecule is CCC(C(=O)CC(C)C)C(=O)C(=O)O. The number of carbonyl (C=O) groups excluding carboxylic acids is 2. The zero-order valence-electron chi connectivity index (χ0n) is 8.74. The van der Waals surface area contributed by atoms with E-state index in [1.165, 1.54) is 0 Å². The molecule has 0 saturated carbocycles. The molecular formula is C10H16O4. The first-order valence-electron chi connectivity index (χ1n) is 4.70. The summed E-state index contributed by atoms with van der Waals surface area (Å²) in [5, 5.41) is 8.46. The average Bonchev–Trinajstić information content (AvgIpc) is 2.03. The fraction of sp³-hybridized carbons (Fsp3) is 0.700. The van der Waals surface area contributed by atoms with Gasteiger partial charge in [-0.1, -0.05) is 20.8 Å². The highest BCUT2D eigenvalue weighted by atomic mass is 16.4. The molecule has 0 aromatic rings. The Labute approximate surface area is 83.3 Å². The Morgan fingerprint density at radius 1 is 1.21 bits per heavy atom. The van der Waals surface area contributed by atoms with Gasteiger partial charge in [-0.05, 0) is 12.3 Å². The van der Waals surface area contributed by atoms with Gasteiger partial charge >= 0.3 is 5.97 Å². The summed E-state index contributed by atoms with van der Waals surface area (Å²) in [4.78, 5) is 32.9. The molecule has 0 aliphatic carbocycles.